The van der Waals surface area contributed by atoms with Crippen molar-refractivity contribution >= 4 is 5.97 Å². The maximum absolute atomic E-state index is 12.8. The van der Waals surface area contributed by atoms with Crippen LogP contribution in [0.25, 0.3) is 0 Å². The lowest BCUT2D eigenvalue weighted by Gasteiger charge is -2.71. The van der Waals surface area contributed by atoms with Gasteiger partial charge in [0.05, 0.1) is 11.5 Å². The zero-order valence-corrected chi connectivity index (χ0v) is 22.3. The molecule has 0 spiro atoms. The molecular formula is C30H48O3. The Labute approximate surface area is 201 Å². The van der Waals surface area contributed by atoms with Gasteiger partial charge in [-0.2, -0.15) is 0 Å². The lowest BCUT2D eigenvalue weighted by atomic mass is 9.33. The van der Waals surface area contributed by atoms with Crippen molar-refractivity contribution < 1.29 is 15.0 Å². The van der Waals surface area contributed by atoms with Crippen LogP contribution in [0.5, 0.6) is 0 Å². The maximum atomic E-state index is 12.8. The second-order valence-corrected chi connectivity index (χ2v) is 15.1. The van der Waals surface area contributed by atoms with Gasteiger partial charge in [0.1, 0.15) is 0 Å². The molecule has 186 valence electrons. The molecule has 4 fully saturated rings. The zero-order valence-electron chi connectivity index (χ0n) is 22.3. The summed E-state index contributed by atoms with van der Waals surface area (Å²) in [5, 5.41) is 21.4. The summed E-state index contributed by atoms with van der Waals surface area (Å²) in [5.74, 6) is 0.807. The molecular weight excluding hydrogens is 408 g/mol. The van der Waals surface area contributed by atoms with Crippen LogP contribution in [0.15, 0.2) is 11.6 Å². The fraction of sp³-hybridized carbons (Fsp3) is 0.900. The minimum atomic E-state index is -0.553. The van der Waals surface area contributed by atoms with Crippen molar-refractivity contribution in [3.05, 3.63) is 11.6 Å². The van der Waals surface area contributed by atoms with Crippen LogP contribution in [0.3, 0.4) is 0 Å². The Kier molecular flexibility index (Phi) is 4.99. The van der Waals surface area contributed by atoms with Gasteiger partial charge in [0.25, 0.3) is 0 Å². The molecule has 0 aromatic heterocycles. The first kappa shape index (κ1) is 23.9. The van der Waals surface area contributed by atoms with Crippen LogP contribution in [-0.4, -0.2) is 22.3 Å². The van der Waals surface area contributed by atoms with Crippen molar-refractivity contribution in [3.8, 4) is 0 Å². The van der Waals surface area contributed by atoms with E-state index in [1.165, 1.54) is 18.4 Å². The molecule has 0 aromatic carbocycles. The standard InChI is InChI=1S/C30H48O3/c1-25(2)14-16-30(24(32)33)17-15-28(6)19(20(30)18-25)8-9-22-27(5)12-11-23(31)26(3,4)21(27)10-13-29(22,28)7/h8,20-23,31H,9-18H2,1-7H3,(H,32,33)/t20-,21+,22-,23+,27-,28-,29+,30+/m1/s1. The third-order valence-corrected chi connectivity index (χ3v) is 13.0. The minimum Gasteiger partial charge on any atom is -0.481 e. The first-order valence-electron chi connectivity index (χ1n) is 13.8. The van der Waals surface area contributed by atoms with Crippen LogP contribution in [0.4, 0.5) is 0 Å². The predicted molar refractivity (Wildman–Crippen MR) is 133 cm³/mol. The summed E-state index contributed by atoms with van der Waals surface area (Å²) in [4.78, 5) is 12.8. The Hall–Kier alpha value is -0.830. The van der Waals surface area contributed by atoms with Gasteiger partial charge in [0.2, 0.25) is 0 Å². The van der Waals surface area contributed by atoms with Gasteiger partial charge in [-0.05, 0) is 109 Å². The second-order valence-electron chi connectivity index (χ2n) is 15.1. The first-order chi connectivity index (χ1) is 15.1. The SMILES string of the molecule is CC1(C)CC[C@]2(C(=O)O)CC[C@]3(C)C(=CC[C@@H]4[C@]5(C)CC[C@H](O)C(C)(C)[C@@H]5CC[C@@]43C)[C@H]2C1. The molecule has 3 heteroatoms. The van der Waals surface area contributed by atoms with E-state index in [9.17, 15) is 15.0 Å². The molecule has 0 aromatic rings. The quantitative estimate of drug-likeness (QED) is 0.409. The van der Waals surface area contributed by atoms with Gasteiger partial charge in [-0.15, -0.1) is 0 Å². The van der Waals surface area contributed by atoms with Crippen LogP contribution in [0.1, 0.15) is 113 Å². The van der Waals surface area contributed by atoms with Gasteiger partial charge in [0.15, 0.2) is 0 Å². The van der Waals surface area contributed by atoms with Crippen molar-refractivity contribution in [2.45, 2.75) is 119 Å². The molecule has 0 saturated heterocycles. The average molecular weight is 457 g/mol. The summed E-state index contributed by atoms with van der Waals surface area (Å²) in [6, 6.07) is 0. The summed E-state index contributed by atoms with van der Waals surface area (Å²) in [6.07, 6.45) is 12.6. The third-order valence-electron chi connectivity index (χ3n) is 13.0. The second kappa shape index (κ2) is 6.89. The summed E-state index contributed by atoms with van der Waals surface area (Å²) in [7, 11) is 0. The summed E-state index contributed by atoms with van der Waals surface area (Å²) in [5.41, 5.74) is 1.68. The van der Waals surface area contributed by atoms with E-state index in [1.54, 1.807) is 0 Å². The minimum absolute atomic E-state index is 0.0301. The van der Waals surface area contributed by atoms with Crippen LogP contribution < -0.4 is 0 Å². The smallest absolute Gasteiger partial charge is 0.310 e. The normalized spacial score (nSPS) is 52.4. The largest absolute Gasteiger partial charge is 0.481 e. The van der Waals surface area contributed by atoms with E-state index in [1.807, 2.05) is 0 Å². The number of fused-ring (bicyclic) bond motifs is 7. The van der Waals surface area contributed by atoms with Crippen LogP contribution in [0.2, 0.25) is 0 Å². The van der Waals surface area contributed by atoms with E-state index in [0.29, 0.717) is 11.8 Å². The maximum Gasteiger partial charge on any atom is 0.310 e. The Morgan fingerprint density at radius 1 is 0.879 bits per heavy atom. The van der Waals surface area contributed by atoms with Crippen molar-refractivity contribution in [1.82, 2.24) is 0 Å². The third kappa shape index (κ3) is 2.87. The number of aliphatic hydroxyl groups is 1. The number of allylic oxidation sites excluding steroid dienone is 2. The number of aliphatic carboxylic acids is 1. The zero-order chi connectivity index (χ0) is 24.2. The molecule has 0 aliphatic heterocycles. The molecule has 4 saturated carbocycles. The van der Waals surface area contributed by atoms with Gasteiger partial charge in [-0.25, -0.2) is 0 Å². The Balaban J connectivity index is 1.60. The fourth-order valence-electron chi connectivity index (χ4n) is 10.6. The monoisotopic (exact) mass is 456 g/mol. The van der Waals surface area contributed by atoms with Gasteiger partial charge in [0, 0.05) is 0 Å². The number of carboxylic acid groups (broad SMARTS) is 1. The fourth-order valence-corrected chi connectivity index (χ4v) is 10.6. The molecule has 0 heterocycles. The molecule has 0 unspecified atom stereocenters. The van der Waals surface area contributed by atoms with Gasteiger partial charge >= 0.3 is 5.97 Å². The van der Waals surface area contributed by atoms with E-state index in [-0.39, 0.29) is 39.1 Å². The first-order valence-corrected chi connectivity index (χ1v) is 13.8. The molecule has 33 heavy (non-hydrogen) atoms. The molecule has 5 aliphatic carbocycles. The molecule has 2 N–H and O–H groups in total. The highest BCUT2D eigenvalue weighted by Crippen LogP contribution is 2.75. The number of hydrogen-bond donors (Lipinski definition) is 2. The van der Waals surface area contributed by atoms with Crippen molar-refractivity contribution in [1.29, 1.82) is 0 Å². The van der Waals surface area contributed by atoms with Gasteiger partial charge in [-0.1, -0.05) is 60.1 Å². The number of carbonyl (C=O) groups is 1. The van der Waals surface area contributed by atoms with E-state index < -0.39 is 11.4 Å². The highest BCUT2D eigenvalue weighted by molar-refractivity contribution is 5.76. The Morgan fingerprint density at radius 3 is 2.21 bits per heavy atom. The summed E-state index contributed by atoms with van der Waals surface area (Å²) in [6.45, 7) is 16.9. The number of rotatable bonds is 1. The van der Waals surface area contributed by atoms with Gasteiger partial charge < -0.3 is 10.2 Å². The molecule has 5 rings (SSSR count). The van der Waals surface area contributed by atoms with E-state index in [2.05, 4.69) is 54.5 Å². The Morgan fingerprint density at radius 2 is 1.55 bits per heavy atom. The van der Waals surface area contributed by atoms with Gasteiger partial charge in [-0.3, -0.25) is 4.79 Å². The lowest BCUT2D eigenvalue weighted by Crippen LogP contribution is -2.65. The van der Waals surface area contributed by atoms with Crippen LogP contribution in [0, 0.1) is 50.2 Å². The van der Waals surface area contributed by atoms with Crippen molar-refractivity contribution in [2.75, 3.05) is 0 Å². The molecule has 8 atom stereocenters. The number of aliphatic hydroxyl groups excluding tert-OH is 1. The van der Waals surface area contributed by atoms with E-state index in [4.69, 9.17) is 0 Å². The van der Waals surface area contributed by atoms with Crippen molar-refractivity contribution in [2.24, 2.45) is 50.2 Å². The molecule has 0 amide bonds. The molecule has 5 aliphatic rings. The van der Waals surface area contributed by atoms with E-state index in [0.717, 1.165) is 51.4 Å². The average Bonchev–Trinajstić information content (AvgIpc) is 2.71. The topological polar surface area (TPSA) is 57.5 Å². The molecule has 0 bridgehead atoms. The molecule has 3 nitrogen and oxygen atoms in total. The predicted octanol–water partition coefficient (Wildman–Crippen LogP) is 7.23. The lowest BCUT2D eigenvalue weighted by molar-refractivity contribution is -0.205. The highest BCUT2D eigenvalue weighted by Gasteiger charge is 2.69. The Bertz CT molecular complexity index is 885. The van der Waals surface area contributed by atoms with Crippen LogP contribution >= 0.6 is 0 Å². The number of carboxylic acids is 1. The van der Waals surface area contributed by atoms with E-state index >= 15 is 0 Å². The summed E-state index contributed by atoms with van der Waals surface area (Å²) >= 11 is 0. The molecule has 0 radical (unpaired) electrons. The van der Waals surface area contributed by atoms with Crippen molar-refractivity contribution in [3.63, 3.8) is 0 Å². The van der Waals surface area contributed by atoms with Crippen LogP contribution in [-0.2, 0) is 4.79 Å². The highest BCUT2D eigenvalue weighted by atomic mass is 16.4. The number of hydrogen-bond acceptors (Lipinski definition) is 2. The summed E-state index contributed by atoms with van der Waals surface area (Å²) < 4.78 is 0.